The zero-order valence-electron chi connectivity index (χ0n) is 9.43. The average molecular weight is 248 g/mol. The summed E-state index contributed by atoms with van der Waals surface area (Å²) in [6.07, 6.45) is 2.99. The molecule has 0 saturated carbocycles. The van der Waals surface area contributed by atoms with E-state index in [1.807, 2.05) is 0 Å². The van der Waals surface area contributed by atoms with Crippen molar-refractivity contribution in [1.82, 2.24) is 9.62 Å². The number of aliphatic hydroxyl groups is 1. The van der Waals surface area contributed by atoms with Gasteiger partial charge in [0.25, 0.3) is 0 Å². The smallest absolute Gasteiger partial charge is 0.215 e. The van der Waals surface area contributed by atoms with Gasteiger partial charge in [-0.3, -0.25) is 0 Å². The highest BCUT2D eigenvalue weighted by atomic mass is 32.2. The van der Waals surface area contributed by atoms with E-state index >= 15 is 0 Å². The van der Waals surface area contributed by atoms with E-state index in [0.717, 1.165) is 25.8 Å². The topological polar surface area (TPSA) is 69.6 Å². The minimum Gasteiger partial charge on any atom is -0.392 e. The number of β-amino-alcohol motifs (C(OH)–C–C–N with tert-alkyl or cyclic N) is 1. The molecule has 2 N–H and O–H groups in total. The SMILES string of the molecule is O=S(=O)(CC1CCCN1)N1CCCC(O)C1. The van der Waals surface area contributed by atoms with E-state index in [-0.39, 0.29) is 18.3 Å². The lowest BCUT2D eigenvalue weighted by Gasteiger charge is -2.30. The fourth-order valence-electron chi connectivity index (χ4n) is 2.43. The number of aliphatic hydroxyl groups excluding tert-OH is 1. The zero-order chi connectivity index (χ0) is 11.6. The van der Waals surface area contributed by atoms with Crippen LogP contribution in [0.5, 0.6) is 0 Å². The van der Waals surface area contributed by atoms with Crippen LogP contribution in [0.15, 0.2) is 0 Å². The molecule has 94 valence electrons. The second-order valence-corrected chi connectivity index (χ2v) is 6.74. The van der Waals surface area contributed by atoms with E-state index in [1.54, 1.807) is 0 Å². The quantitative estimate of drug-likeness (QED) is 0.708. The standard InChI is InChI=1S/C10H20N2O3S/c13-10-4-2-6-12(7-10)16(14,15)8-9-3-1-5-11-9/h9-11,13H,1-8H2. The number of hydrogen-bond acceptors (Lipinski definition) is 4. The van der Waals surface area contributed by atoms with Crippen LogP contribution < -0.4 is 5.32 Å². The maximum absolute atomic E-state index is 12.1. The molecule has 6 heteroatoms. The molecule has 2 unspecified atom stereocenters. The van der Waals surface area contributed by atoms with E-state index in [0.29, 0.717) is 13.0 Å². The van der Waals surface area contributed by atoms with Crippen molar-refractivity contribution < 1.29 is 13.5 Å². The van der Waals surface area contributed by atoms with Crippen LogP contribution in [-0.4, -0.2) is 55.4 Å². The minimum atomic E-state index is -3.19. The summed E-state index contributed by atoms with van der Waals surface area (Å²) < 4.78 is 25.6. The lowest BCUT2D eigenvalue weighted by Crippen LogP contribution is -2.46. The van der Waals surface area contributed by atoms with Gasteiger partial charge in [-0.15, -0.1) is 0 Å². The molecule has 0 amide bonds. The van der Waals surface area contributed by atoms with Gasteiger partial charge in [-0.2, -0.15) is 4.31 Å². The van der Waals surface area contributed by atoms with Crippen molar-refractivity contribution in [3.05, 3.63) is 0 Å². The summed E-state index contributed by atoms with van der Waals surface area (Å²) in [4.78, 5) is 0. The fourth-order valence-corrected chi connectivity index (χ4v) is 4.24. The first kappa shape index (κ1) is 12.3. The second-order valence-electron chi connectivity index (χ2n) is 4.73. The summed E-state index contributed by atoms with van der Waals surface area (Å²) in [5, 5.41) is 12.7. The van der Waals surface area contributed by atoms with E-state index in [9.17, 15) is 13.5 Å². The first-order valence-corrected chi connectivity index (χ1v) is 7.58. The molecule has 2 aliphatic heterocycles. The first-order valence-electron chi connectivity index (χ1n) is 5.97. The molecule has 0 aliphatic carbocycles. The molecule has 2 fully saturated rings. The lowest BCUT2D eigenvalue weighted by atomic mass is 10.1. The third-order valence-corrected chi connectivity index (χ3v) is 5.27. The van der Waals surface area contributed by atoms with Crippen LogP contribution in [0.2, 0.25) is 0 Å². The second kappa shape index (κ2) is 5.00. The van der Waals surface area contributed by atoms with Gasteiger partial charge in [0.15, 0.2) is 0 Å². The maximum atomic E-state index is 12.1. The number of sulfonamides is 1. The Morgan fingerprint density at radius 3 is 2.75 bits per heavy atom. The van der Waals surface area contributed by atoms with Crippen molar-refractivity contribution in [2.75, 3.05) is 25.4 Å². The van der Waals surface area contributed by atoms with Crippen LogP contribution in [0, 0.1) is 0 Å². The van der Waals surface area contributed by atoms with Crippen molar-refractivity contribution >= 4 is 10.0 Å². The predicted molar refractivity (Wildman–Crippen MR) is 61.6 cm³/mol. The highest BCUT2D eigenvalue weighted by Gasteiger charge is 2.30. The fraction of sp³-hybridized carbons (Fsp3) is 1.00. The Morgan fingerprint density at radius 1 is 1.31 bits per heavy atom. The van der Waals surface area contributed by atoms with Crippen molar-refractivity contribution in [3.63, 3.8) is 0 Å². The van der Waals surface area contributed by atoms with E-state index in [4.69, 9.17) is 0 Å². The van der Waals surface area contributed by atoms with Crippen LogP contribution >= 0.6 is 0 Å². The molecule has 5 nitrogen and oxygen atoms in total. The molecule has 0 aromatic carbocycles. The van der Waals surface area contributed by atoms with Crippen LogP contribution in [0.25, 0.3) is 0 Å². The van der Waals surface area contributed by atoms with Crippen molar-refractivity contribution in [1.29, 1.82) is 0 Å². The summed E-state index contributed by atoms with van der Waals surface area (Å²) >= 11 is 0. The van der Waals surface area contributed by atoms with E-state index in [1.165, 1.54) is 4.31 Å². The summed E-state index contributed by atoms with van der Waals surface area (Å²) in [6, 6.07) is 0.101. The van der Waals surface area contributed by atoms with Gasteiger partial charge in [-0.05, 0) is 32.2 Å². The van der Waals surface area contributed by atoms with Gasteiger partial charge in [0.05, 0.1) is 11.9 Å². The Kier molecular flexibility index (Phi) is 3.84. The Morgan fingerprint density at radius 2 is 2.12 bits per heavy atom. The molecule has 2 aliphatic rings. The summed E-state index contributed by atoms with van der Waals surface area (Å²) in [5.41, 5.74) is 0. The van der Waals surface area contributed by atoms with Crippen molar-refractivity contribution in [3.8, 4) is 0 Å². The monoisotopic (exact) mass is 248 g/mol. The van der Waals surface area contributed by atoms with E-state index < -0.39 is 16.1 Å². The van der Waals surface area contributed by atoms with Crippen LogP contribution in [-0.2, 0) is 10.0 Å². The molecule has 0 aromatic heterocycles. The molecule has 16 heavy (non-hydrogen) atoms. The third-order valence-electron chi connectivity index (χ3n) is 3.33. The number of rotatable bonds is 3. The van der Waals surface area contributed by atoms with Gasteiger partial charge in [-0.1, -0.05) is 0 Å². The highest BCUT2D eigenvalue weighted by molar-refractivity contribution is 7.89. The average Bonchev–Trinajstić information content (AvgIpc) is 2.70. The largest absolute Gasteiger partial charge is 0.392 e. The number of piperidine rings is 1. The minimum absolute atomic E-state index is 0.101. The van der Waals surface area contributed by atoms with Gasteiger partial charge in [0, 0.05) is 19.1 Å². The van der Waals surface area contributed by atoms with Gasteiger partial charge >= 0.3 is 0 Å². The molecule has 2 rings (SSSR count). The van der Waals surface area contributed by atoms with Gasteiger partial charge in [-0.25, -0.2) is 8.42 Å². The maximum Gasteiger partial charge on any atom is 0.215 e. The molecular weight excluding hydrogens is 228 g/mol. The third kappa shape index (κ3) is 2.94. The summed E-state index contributed by atoms with van der Waals surface area (Å²) in [7, 11) is -3.19. The normalized spacial score (nSPS) is 33.1. The van der Waals surface area contributed by atoms with Crippen LogP contribution in [0.3, 0.4) is 0 Å². The van der Waals surface area contributed by atoms with E-state index in [2.05, 4.69) is 5.32 Å². The molecule has 0 aromatic rings. The van der Waals surface area contributed by atoms with Crippen molar-refractivity contribution in [2.45, 2.75) is 37.8 Å². The Bertz CT molecular complexity index is 325. The van der Waals surface area contributed by atoms with Crippen LogP contribution in [0.1, 0.15) is 25.7 Å². The number of nitrogens with one attached hydrogen (secondary N) is 1. The van der Waals surface area contributed by atoms with Gasteiger partial charge in [0.1, 0.15) is 0 Å². The Balaban J connectivity index is 1.94. The molecule has 2 saturated heterocycles. The van der Waals surface area contributed by atoms with Gasteiger partial charge < -0.3 is 10.4 Å². The molecular formula is C10H20N2O3S. The number of nitrogens with zero attached hydrogens (tertiary/aromatic N) is 1. The molecule has 2 atom stereocenters. The van der Waals surface area contributed by atoms with Gasteiger partial charge in [0.2, 0.25) is 10.0 Å². The molecule has 0 spiro atoms. The van der Waals surface area contributed by atoms with Crippen molar-refractivity contribution in [2.24, 2.45) is 0 Å². The lowest BCUT2D eigenvalue weighted by molar-refractivity contribution is 0.108. The Hall–Kier alpha value is -0.170. The Labute approximate surface area is 96.9 Å². The summed E-state index contributed by atoms with van der Waals surface area (Å²) in [6.45, 7) is 1.75. The number of hydrogen-bond donors (Lipinski definition) is 2. The molecule has 0 radical (unpaired) electrons. The zero-order valence-corrected chi connectivity index (χ0v) is 10.2. The molecule has 2 heterocycles. The summed E-state index contributed by atoms with van der Waals surface area (Å²) in [5.74, 6) is 0.180. The van der Waals surface area contributed by atoms with Crippen LogP contribution in [0.4, 0.5) is 0 Å². The predicted octanol–water partition coefficient (Wildman–Crippen LogP) is -0.475. The highest BCUT2D eigenvalue weighted by Crippen LogP contribution is 2.16. The first-order chi connectivity index (χ1) is 7.58. The molecule has 0 bridgehead atoms.